The average Bonchev–Trinajstić information content (AvgIpc) is 2.73. The summed E-state index contributed by atoms with van der Waals surface area (Å²) in [4.78, 5) is 11.0. The zero-order chi connectivity index (χ0) is 12.3. The molecule has 0 radical (unpaired) electrons. The maximum Gasteiger partial charge on any atom is 0.339 e. The van der Waals surface area contributed by atoms with Gasteiger partial charge in [0.2, 0.25) is 0 Å². The molecule has 2 unspecified atom stereocenters. The van der Waals surface area contributed by atoms with Crippen LogP contribution < -0.4 is 5.32 Å². The van der Waals surface area contributed by atoms with Gasteiger partial charge in [0.1, 0.15) is 5.56 Å². The van der Waals surface area contributed by atoms with Crippen molar-refractivity contribution in [3.63, 3.8) is 0 Å². The highest BCUT2D eigenvalue weighted by molar-refractivity contribution is 5.92. The minimum Gasteiger partial charge on any atom is -0.478 e. The molecule has 5 nitrogen and oxygen atoms in total. The van der Waals surface area contributed by atoms with Gasteiger partial charge in [-0.05, 0) is 30.7 Å². The molecule has 2 N–H and O–H groups in total. The standard InChI is InChI=1S/C12H17N3O2/c1-8-2-3-9(6-8)7-13-11-10(12(16)17)4-5-14-15-11/h4-5,8-9H,2-3,6-7H2,1H3,(H,13,15)(H,16,17). The van der Waals surface area contributed by atoms with Gasteiger partial charge in [0.25, 0.3) is 0 Å². The lowest BCUT2D eigenvalue weighted by atomic mass is 10.1. The summed E-state index contributed by atoms with van der Waals surface area (Å²) in [6.45, 7) is 3.04. The molecule has 1 aliphatic carbocycles. The normalized spacial score (nSPS) is 23.6. The highest BCUT2D eigenvalue weighted by Crippen LogP contribution is 2.30. The Balaban J connectivity index is 1.97. The van der Waals surface area contributed by atoms with Gasteiger partial charge >= 0.3 is 5.97 Å². The van der Waals surface area contributed by atoms with Crippen LogP contribution >= 0.6 is 0 Å². The highest BCUT2D eigenvalue weighted by Gasteiger charge is 2.21. The van der Waals surface area contributed by atoms with Crippen LogP contribution in [0.2, 0.25) is 0 Å². The first kappa shape index (κ1) is 11.8. The number of carboxylic acids is 1. The summed E-state index contributed by atoms with van der Waals surface area (Å²) in [5.74, 6) is 0.804. The van der Waals surface area contributed by atoms with Gasteiger partial charge in [-0.2, -0.15) is 5.10 Å². The van der Waals surface area contributed by atoms with Gasteiger partial charge < -0.3 is 10.4 Å². The number of carbonyl (C=O) groups is 1. The molecular formula is C12H17N3O2. The topological polar surface area (TPSA) is 75.1 Å². The predicted octanol–water partition coefficient (Wildman–Crippen LogP) is 2.02. The Morgan fingerprint density at radius 1 is 1.59 bits per heavy atom. The number of aromatic nitrogens is 2. The summed E-state index contributed by atoms with van der Waals surface area (Å²) in [5.41, 5.74) is 0.186. The lowest BCUT2D eigenvalue weighted by Gasteiger charge is -2.12. The Morgan fingerprint density at radius 3 is 3.06 bits per heavy atom. The molecule has 2 atom stereocenters. The minimum absolute atomic E-state index is 0.186. The summed E-state index contributed by atoms with van der Waals surface area (Å²) in [6.07, 6.45) is 5.07. The SMILES string of the molecule is CC1CCC(CNc2nnccc2C(=O)O)C1. The number of anilines is 1. The fourth-order valence-electron chi connectivity index (χ4n) is 2.39. The number of nitrogens with zero attached hydrogens (tertiary/aromatic N) is 2. The molecule has 0 bridgehead atoms. The molecule has 2 rings (SSSR count). The average molecular weight is 235 g/mol. The van der Waals surface area contributed by atoms with Crippen molar-refractivity contribution in [2.75, 3.05) is 11.9 Å². The van der Waals surface area contributed by atoms with Gasteiger partial charge in [-0.25, -0.2) is 4.79 Å². The van der Waals surface area contributed by atoms with Crippen molar-refractivity contribution in [3.05, 3.63) is 17.8 Å². The molecular weight excluding hydrogens is 218 g/mol. The molecule has 1 fully saturated rings. The molecule has 0 aliphatic heterocycles. The zero-order valence-electron chi connectivity index (χ0n) is 9.89. The second-order valence-corrected chi connectivity index (χ2v) is 4.76. The van der Waals surface area contributed by atoms with E-state index in [1.54, 1.807) is 0 Å². The van der Waals surface area contributed by atoms with Crippen molar-refractivity contribution in [1.82, 2.24) is 10.2 Å². The summed E-state index contributed by atoms with van der Waals surface area (Å²) in [6, 6.07) is 1.47. The van der Waals surface area contributed by atoms with Crippen molar-refractivity contribution >= 4 is 11.8 Å². The maximum atomic E-state index is 11.0. The van der Waals surface area contributed by atoms with Crippen LogP contribution in [0.4, 0.5) is 5.82 Å². The van der Waals surface area contributed by atoms with E-state index in [0.29, 0.717) is 11.7 Å². The number of hydrogen-bond acceptors (Lipinski definition) is 4. The van der Waals surface area contributed by atoms with Gasteiger partial charge in [0.15, 0.2) is 5.82 Å². The third kappa shape index (κ3) is 2.93. The third-order valence-electron chi connectivity index (χ3n) is 3.31. The van der Waals surface area contributed by atoms with E-state index >= 15 is 0 Å². The Bertz CT molecular complexity index is 408. The third-order valence-corrected chi connectivity index (χ3v) is 3.31. The van der Waals surface area contributed by atoms with E-state index in [1.165, 1.54) is 31.5 Å². The molecule has 1 aromatic heterocycles. The Kier molecular flexibility index (Phi) is 3.56. The van der Waals surface area contributed by atoms with Crippen LogP contribution in [0.15, 0.2) is 12.3 Å². The van der Waals surface area contributed by atoms with Crippen LogP contribution in [0, 0.1) is 11.8 Å². The van der Waals surface area contributed by atoms with E-state index in [0.717, 1.165) is 12.5 Å². The largest absolute Gasteiger partial charge is 0.478 e. The second kappa shape index (κ2) is 5.12. The quantitative estimate of drug-likeness (QED) is 0.835. The van der Waals surface area contributed by atoms with Crippen LogP contribution in [0.5, 0.6) is 0 Å². The molecule has 1 aliphatic rings. The Hall–Kier alpha value is -1.65. The first-order chi connectivity index (χ1) is 8.16. The van der Waals surface area contributed by atoms with E-state index in [2.05, 4.69) is 22.4 Å². The Labute approximate surface area is 100 Å². The summed E-state index contributed by atoms with van der Waals surface area (Å²) < 4.78 is 0. The van der Waals surface area contributed by atoms with Crippen molar-refractivity contribution in [3.8, 4) is 0 Å². The van der Waals surface area contributed by atoms with Gasteiger partial charge in [-0.1, -0.05) is 13.3 Å². The predicted molar refractivity (Wildman–Crippen MR) is 64.0 cm³/mol. The summed E-state index contributed by atoms with van der Waals surface area (Å²) >= 11 is 0. The van der Waals surface area contributed by atoms with Crippen molar-refractivity contribution < 1.29 is 9.90 Å². The molecule has 1 heterocycles. The van der Waals surface area contributed by atoms with Gasteiger partial charge in [0, 0.05) is 6.54 Å². The van der Waals surface area contributed by atoms with Crippen molar-refractivity contribution in [1.29, 1.82) is 0 Å². The molecule has 17 heavy (non-hydrogen) atoms. The minimum atomic E-state index is -0.970. The number of hydrogen-bond donors (Lipinski definition) is 2. The van der Waals surface area contributed by atoms with Gasteiger partial charge in [0.05, 0.1) is 6.20 Å². The molecule has 0 spiro atoms. The second-order valence-electron chi connectivity index (χ2n) is 4.76. The monoisotopic (exact) mass is 235 g/mol. The molecule has 0 saturated heterocycles. The van der Waals surface area contributed by atoms with Gasteiger partial charge in [-0.15, -0.1) is 5.10 Å². The lowest BCUT2D eigenvalue weighted by molar-refractivity contribution is 0.0697. The van der Waals surface area contributed by atoms with E-state index in [4.69, 9.17) is 5.11 Å². The molecule has 5 heteroatoms. The number of carboxylic acid groups (broad SMARTS) is 1. The van der Waals surface area contributed by atoms with Gasteiger partial charge in [-0.3, -0.25) is 0 Å². The van der Waals surface area contributed by atoms with Crippen molar-refractivity contribution in [2.45, 2.75) is 26.2 Å². The number of rotatable bonds is 4. The highest BCUT2D eigenvalue weighted by atomic mass is 16.4. The van der Waals surface area contributed by atoms with E-state index in [9.17, 15) is 4.79 Å². The summed E-state index contributed by atoms with van der Waals surface area (Å²) in [5, 5.41) is 19.6. The number of nitrogens with one attached hydrogen (secondary N) is 1. The molecule has 0 amide bonds. The van der Waals surface area contributed by atoms with E-state index < -0.39 is 5.97 Å². The van der Waals surface area contributed by atoms with Crippen LogP contribution in [0.3, 0.4) is 0 Å². The zero-order valence-corrected chi connectivity index (χ0v) is 9.89. The smallest absolute Gasteiger partial charge is 0.339 e. The van der Waals surface area contributed by atoms with Crippen LogP contribution in [0.25, 0.3) is 0 Å². The molecule has 1 aromatic rings. The van der Waals surface area contributed by atoms with Crippen LogP contribution in [0.1, 0.15) is 36.5 Å². The fraction of sp³-hybridized carbons (Fsp3) is 0.583. The fourth-order valence-corrected chi connectivity index (χ4v) is 2.39. The van der Waals surface area contributed by atoms with Crippen LogP contribution in [-0.4, -0.2) is 27.8 Å². The first-order valence-electron chi connectivity index (χ1n) is 5.95. The lowest BCUT2D eigenvalue weighted by Crippen LogP contribution is -2.15. The Morgan fingerprint density at radius 2 is 2.41 bits per heavy atom. The molecule has 0 aromatic carbocycles. The molecule has 92 valence electrons. The van der Waals surface area contributed by atoms with Crippen molar-refractivity contribution in [2.24, 2.45) is 11.8 Å². The first-order valence-corrected chi connectivity index (χ1v) is 5.95. The van der Waals surface area contributed by atoms with E-state index in [-0.39, 0.29) is 5.56 Å². The maximum absolute atomic E-state index is 11.0. The van der Waals surface area contributed by atoms with E-state index in [1.807, 2.05) is 0 Å². The van der Waals surface area contributed by atoms with Crippen LogP contribution in [-0.2, 0) is 0 Å². The summed E-state index contributed by atoms with van der Waals surface area (Å²) in [7, 11) is 0. The number of aromatic carboxylic acids is 1. The molecule has 1 saturated carbocycles.